The van der Waals surface area contributed by atoms with Gasteiger partial charge in [0, 0.05) is 11.6 Å². The van der Waals surface area contributed by atoms with Gasteiger partial charge in [0.15, 0.2) is 5.78 Å². The van der Waals surface area contributed by atoms with Gasteiger partial charge in [-0.3, -0.25) is 9.69 Å². The zero-order chi connectivity index (χ0) is 13.1. The van der Waals surface area contributed by atoms with Gasteiger partial charge in [-0.15, -0.1) is 11.3 Å². The zero-order valence-electron chi connectivity index (χ0n) is 10.2. The summed E-state index contributed by atoms with van der Waals surface area (Å²) < 4.78 is 1.90. The first-order valence-electron chi connectivity index (χ1n) is 5.97. The van der Waals surface area contributed by atoms with Gasteiger partial charge in [0.2, 0.25) is 0 Å². The zero-order valence-corrected chi connectivity index (χ0v) is 14.2. The molecule has 18 heavy (non-hydrogen) atoms. The topological polar surface area (TPSA) is 32.3 Å². The van der Waals surface area contributed by atoms with E-state index in [1.165, 1.54) is 0 Å². The molecule has 0 unspecified atom stereocenters. The van der Waals surface area contributed by atoms with Gasteiger partial charge in [-0.1, -0.05) is 0 Å². The van der Waals surface area contributed by atoms with E-state index in [2.05, 4.69) is 42.1 Å². The molecule has 0 saturated carbocycles. The Labute approximate surface area is 128 Å². The summed E-state index contributed by atoms with van der Waals surface area (Å²) in [5.74, 6) is 0.185. The summed E-state index contributed by atoms with van der Waals surface area (Å²) in [5, 5.41) is 3.34. The van der Waals surface area contributed by atoms with Gasteiger partial charge in [0.25, 0.3) is 0 Å². The van der Waals surface area contributed by atoms with Crippen molar-refractivity contribution in [3.05, 3.63) is 19.2 Å². The summed E-state index contributed by atoms with van der Waals surface area (Å²) in [4.78, 5) is 14.4. The van der Waals surface area contributed by atoms with Gasteiger partial charge in [-0.25, -0.2) is 0 Å². The number of piperidine rings is 1. The molecule has 100 valence electrons. The summed E-state index contributed by atoms with van der Waals surface area (Å²) in [6, 6.07) is 2.42. The molecule has 1 aromatic heterocycles. The van der Waals surface area contributed by atoms with Crippen LogP contribution in [0.4, 0.5) is 0 Å². The summed E-state index contributed by atoms with van der Waals surface area (Å²) in [6.45, 7) is 2.60. The van der Waals surface area contributed by atoms with Crippen molar-refractivity contribution in [2.24, 2.45) is 0 Å². The fourth-order valence-electron chi connectivity index (χ4n) is 2.22. The van der Waals surface area contributed by atoms with Crippen LogP contribution in [0.2, 0.25) is 0 Å². The van der Waals surface area contributed by atoms with E-state index in [1.807, 2.05) is 13.1 Å². The van der Waals surface area contributed by atoms with E-state index in [1.54, 1.807) is 11.3 Å². The van der Waals surface area contributed by atoms with E-state index in [-0.39, 0.29) is 5.78 Å². The quantitative estimate of drug-likeness (QED) is 0.794. The van der Waals surface area contributed by atoms with Crippen LogP contribution in [0.25, 0.3) is 0 Å². The largest absolute Gasteiger partial charge is 0.317 e. The Bertz CT molecular complexity index is 430. The third-order valence-electron chi connectivity index (χ3n) is 3.28. The van der Waals surface area contributed by atoms with Crippen molar-refractivity contribution in [1.29, 1.82) is 0 Å². The molecular formula is C12H16Br2N2OS. The second kappa shape index (κ2) is 6.61. The molecule has 0 aliphatic carbocycles. The van der Waals surface area contributed by atoms with E-state index in [9.17, 15) is 4.79 Å². The van der Waals surface area contributed by atoms with E-state index >= 15 is 0 Å². The minimum absolute atomic E-state index is 0.185. The monoisotopic (exact) mass is 394 g/mol. The predicted molar refractivity (Wildman–Crippen MR) is 82.6 cm³/mol. The molecule has 2 rings (SSSR count). The van der Waals surface area contributed by atoms with Crippen molar-refractivity contribution in [2.75, 3.05) is 26.7 Å². The second-order valence-corrected chi connectivity index (χ2v) is 8.31. The molecule has 6 heteroatoms. The van der Waals surface area contributed by atoms with Gasteiger partial charge < -0.3 is 5.32 Å². The molecule has 1 aromatic rings. The van der Waals surface area contributed by atoms with Crippen LogP contribution in [0.15, 0.2) is 13.6 Å². The van der Waals surface area contributed by atoms with Crippen molar-refractivity contribution < 1.29 is 4.79 Å². The first-order chi connectivity index (χ1) is 8.58. The average molecular weight is 396 g/mol. The predicted octanol–water partition coefficient (Wildman–Crippen LogP) is 3.14. The summed E-state index contributed by atoms with van der Waals surface area (Å²) >= 11 is 8.40. The van der Waals surface area contributed by atoms with Crippen LogP contribution in [-0.2, 0) is 0 Å². The average Bonchev–Trinajstić information content (AvgIpc) is 2.69. The molecule has 1 aliphatic heterocycles. The van der Waals surface area contributed by atoms with Crippen molar-refractivity contribution in [3.63, 3.8) is 0 Å². The number of rotatable bonds is 4. The highest BCUT2D eigenvalue weighted by atomic mass is 79.9. The number of Topliss-reactive ketones (excluding diaryl/α,β-unsaturated/α-hetero) is 1. The molecule has 0 amide bonds. The molecule has 1 fully saturated rings. The highest BCUT2D eigenvalue weighted by Gasteiger charge is 2.21. The normalized spacial score (nSPS) is 17.3. The molecule has 0 radical (unpaired) electrons. The van der Waals surface area contributed by atoms with Crippen molar-refractivity contribution in [3.8, 4) is 0 Å². The van der Waals surface area contributed by atoms with Crippen LogP contribution >= 0.6 is 43.2 Å². The first kappa shape index (κ1) is 14.7. The van der Waals surface area contributed by atoms with Crippen LogP contribution in [0.5, 0.6) is 0 Å². The maximum absolute atomic E-state index is 12.2. The van der Waals surface area contributed by atoms with E-state index in [0.29, 0.717) is 12.6 Å². The maximum atomic E-state index is 12.2. The summed E-state index contributed by atoms with van der Waals surface area (Å²) in [6.07, 6.45) is 2.25. The number of carbonyl (C=O) groups excluding carboxylic acids is 1. The minimum Gasteiger partial charge on any atom is -0.317 e. The highest BCUT2D eigenvalue weighted by Crippen LogP contribution is 2.32. The van der Waals surface area contributed by atoms with Crippen LogP contribution < -0.4 is 5.32 Å². The lowest BCUT2D eigenvalue weighted by molar-refractivity contribution is 0.0903. The standard InChI is InChI=1S/C12H16Br2N2OS/c1-16(8-2-4-15-5-3-8)7-10(17)9-6-11(13)18-12(9)14/h6,8,15H,2-5,7H2,1H3. The highest BCUT2D eigenvalue weighted by molar-refractivity contribution is 9.12. The number of carbonyl (C=O) groups is 1. The van der Waals surface area contributed by atoms with Crippen LogP contribution in [0.1, 0.15) is 23.2 Å². The Hall–Kier alpha value is 0.250. The Kier molecular flexibility index (Phi) is 5.38. The molecule has 0 spiro atoms. The van der Waals surface area contributed by atoms with E-state index in [0.717, 1.165) is 39.1 Å². The third-order valence-corrected chi connectivity index (χ3v) is 5.62. The molecule has 0 atom stereocenters. The molecule has 1 saturated heterocycles. The Morgan fingerprint density at radius 2 is 2.17 bits per heavy atom. The number of ketones is 1. The number of nitrogens with zero attached hydrogens (tertiary/aromatic N) is 1. The molecule has 2 heterocycles. The number of hydrogen-bond donors (Lipinski definition) is 1. The molecule has 0 bridgehead atoms. The van der Waals surface area contributed by atoms with Crippen molar-refractivity contribution >= 4 is 49.0 Å². The van der Waals surface area contributed by atoms with Gasteiger partial charge >= 0.3 is 0 Å². The van der Waals surface area contributed by atoms with E-state index in [4.69, 9.17) is 0 Å². The fraction of sp³-hybridized carbons (Fsp3) is 0.583. The second-order valence-electron chi connectivity index (χ2n) is 4.56. The Morgan fingerprint density at radius 1 is 1.50 bits per heavy atom. The molecule has 1 aliphatic rings. The van der Waals surface area contributed by atoms with Gasteiger partial charge in [0.1, 0.15) is 0 Å². The molecule has 0 aromatic carbocycles. The van der Waals surface area contributed by atoms with Crippen LogP contribution in [0.3, 0.4) is 0 Å². The number of hydrogen-bond acceptors (Lipinski definition) is 4. The van der Waals surface area contributed by atoms with Gasteiger partial charge in [-0.2, -0.15) is 0 Å². The molecule has 1 N–H and O–H groups in total. The van der Waals surface area contributed by atoms with Gasteiger partial charge in [0.05, 0.1) is 14.1 Å². The smallest absolute Gasteiger partial charge is 0.178 e. The SMILES string of the molecule is CN(CC(=O)c1cc(Br)sc1Br)C1CCNCC1. The van der Waals surface area contributed by atoms with Crippen LogP contribution in [-0.4, -0.2) is 43.4 Å². The maximum Gasteiger partial charge on any atom is 0.178 e. The number of likely N-dealkylation sites (N-methyl/N-ethyl adjacent to an activating group) is 1. The Morgan fingerprint density at radius 3 is 2.72 bits per heavy atom. The van der Waals surface area contributed by atoms with Crippen molar-refractivity contribution in [2.45, 2.75) is 18.9 Å². The minimum atomic E-state index is 0.185. The lowest BCUT2D eigenvalue weighted by Gasteiger charge is -2.31. The lowest BCUT2D eigenvalue weighted by atomic mass is 10.0. The third kappa shape index (κ3) is 3.63. The van der Waals surface area contributed by atoms with Crippen LogP contribution in [0, 0.1) is 0 Å². The summed E-state index contributed by atoms with van der Waals surface area (Å²) in [5.41, 5.74) is 0.785. The first-order valence-corrected chi connectivity index (χ1v) is 8.37. The summed E-state index contributed by atoms with van der Waals surface area (Å²) in [7, 11) is 2.04. The Balaban J connectivity index is 1.96. The van der Waals surface area contributed by atoms with Crippen molar-refractivity contribution in [1.82, 2.24) is 10.2 Å². The fourth-order valence-corrected chi connectivity index (χ4v) is 5.07. The van der Waals surface area contributed by atoms with Gasteiger partial charge in [-0.05, 0) is 70.9 Å². The lowest BCUT2D eigenvalue weighted by Crippen LogP contribution is -2.43. The number of thiophene rings is 1. The number of nitrogens with one attached hydrogen (secondary N) is 1. The molecule has 3 nitrogen and oxygen atoms in total. The molecular weight excluding hydrogens is 380 g/mol. The number of halogens is 2. The van der Waals surface area contributed by atoms with E-state index < -0.39 is 0 Å².